The van der Waals surface area contributed by atoms with Crippen LogP contribution in [-0.4, -0.2) is 43.6 Å². The van der Waals surface area contributed by atoms with E-state index in [4.69, 9.17) is 4.74 Å². The Balaban J connectivity index is 2.09. The van der Waals surface area contributed by atoms with Gasteiger partial charge in [-0.1, -0.05) is 12.1 Å². The van der Waals surface area contributed by atoms with Crippen LogP contribution in [0.4, 0.5) is 5.69 Å². The number of amides is 1. The molecule has 0 radical (unpaired) electrons. The number of rotatable bonds is 4. The van der Waals surface area contributed by atoms with Gasteiger partial charge in [0, 0.05) is 13.1 Å². The van der Waals surface area contributed by atoms with E-state index in [0.29, 0.717) is 13.2 Å². The molecule has 0 bridgehead atoms. The van der Waals surface area contributed by atoms with Crippen molar-refractivity contribution in [3.05, 3.63) is 24.3 Å². The largest absolute Gasteiger partial charge is 0.490 e. The second kappa shape index (κ2) is 5.76. The Kier molecular flexibility index (Phi) is 4.07. The first-order valence-corrected chi connectivity index (χ1v) is 6.50. The summed E-state index contributed by atoms with van der Waals surface area (Å²) in [6, 6.07) is 7.88. The molecule has 1 heterocycles. The van der Waals surface area contributed by atoms with Gasteiger partial charge in [-0.25, -0.2) is 0 Å². The van der Waals surface area contributed by atoms with E-state index in [9.17, 15) is 4.79 Å². The molecule has 0 atom stereocenters. The van der Waals surface area contributed by atoms with Crippen molar-refractivity contribution in [3.8, 4) is 5.75 Å². The highest BCUT2D eigenvalue weighted by atomic mass is 16.5. The highest BCUT2D eigenvalue weighted by Gasteiger charge is 2.21. The number of carbonyl (C=O) groups excluding carboxylic acids is 1. The molecule has 2 rings (SSSR count). The fourth-order valence-corrected chi connectivity index (χ4v) is 2.23. The molecule has 0 N–H and O–H groups in total. The predicted molar refractivity (Wildman–Crippen MR) is 72.1 cm³/mol. The maximum Gasteiger partial charge on any atom is 0.242 e. The molecule has 1 aliphatic rings. The zero-order valence-electron chi connectivity index (χ0n) is 11.1. The van der Waals surface area contributed by atoms with Crippen LogP contribution in [-0.2, 0) is 4.79 Å². The molecular weight excluding hydrogens is 228 g/mol. The van der Waals surface area contributed by atoms with E-state index in [2.05, 4.69) is 4.90 Å². The fraction of sp³-hybridized carbons (Fsp3) is 0.500. The first kappa shape index (κ1) is 12.7. The van der Waals surface area contributed by atoms with Crippen LogP contribution in [0.25, 0.3) is 0 Å². The quantitative estimate of drug-likeness (QED) is 0.814. The monoisotopic (exact) mass is 248 g/mol. The number of likely N-dealkylation sites (N-methyl/N-ethyl adjacent to an activating group) is 1. The topological polar surface area (TPSA) is 32.8 Å². The molecule has 1 aromatic rings. The normalized spacial score (nSPS) is 13.8. The number of ether oxygens (including phenoxy) is 1. The van der Waals surface area contributed by atoms with E-state index >= 15 is 0 Å². The first-order valence-electron chi connectivity index (χ1n) is 6.50. The molecule has 0 fully saturated rings. The van der Waals surface area contributed by atoms with Crippen LogP contribution in [0.5, 0.6) is 5.75 Å². The molecule has 4 nitrogen and oxygen atoms in total. The van der Waals surface area contributed by atoms with Gasteiger partial charge in [0.2, 0.25) is 5.91 Å². The number of hydrogen-bond donors (Lipinski definition) is 0. The van der Waals surface area contributed by atoms with Gasteiger partial charge in [-0.2, -0.15) is 0 Å². The minimum atomic E-state index is 0.178. The lowest BCUT2D eigenvalue weighted by Crippen LogP contribution is -2.43. The van der Waals surface area contributed by atoms with Gasteiger partial charge >= 0.3 is 0 Å². The smallest absolute Gasteiger partial charge is 0.242 e. The fourth-order valence-electron chi connectivity index (χ4n) is 2.23. The Morgan fingerprint density at radius 1 is 1.33 bits per heavy atom. The number of anilines is 1. The van der Waals surface area contributed by atoms with Crippen molar-refractivity contribution in [1.29, 1.82) is 0 Å². The molecule has 0 saturated heterocycles. The summed E-state index contributed by atoms with van der Waals surface area (Å²) in [6.07, 6.45) is 0. The second-order valence-corrected chi connectivity index (χ2v) is 4.30. The Labute approximate surface area is 108 Å². The van der Waals surface area contributed by atoms with Gasteiger partial charge in [-0.05, 0) is 26.0 Å². The second-order valence-electron chi connectivity index (χ2n) is 4.30. The maximum absolute atomic E-state index is 12.1. The molecule has 98 valence electrons. The molecule has 0 saturated carbocycles. The molecule has 0 aliphatic carbocycles. The Hall–Kier alpha value is -1.71. The number of fused-ring (bicyclic) bond motifs is 1. The lowest BCUT2D eigenvalue weighted by molar-refractivity contribution is -0.129. The molecule has 0 aromatic heterocycles. The van der Waals surface area contributed by atoms with Crippen molar-refractivity contribution in [3.63, 3.8) is 0 Å². The summed E-state index contributed by atoms with van der Waals surface area (Å²) in [5.74, 6) is 1.05. The number of benzene rings is 1. The highest BCUT2D eigenvalue weighted by molar-refractivity contribution is 5.82. The van der Waals surface area contributed by atoms with Gasteiger partial charge in [0.1, 0.15) is 12.4 Å². The molecule has 1 amide bonds. The number of para-hydroxylation sites is 2. The highest BCUT2D eigenvalue weighted by Crippen LogP contribution is 2.30. The standard InChI is InChI=1S/C14H20N2O2/c1-3-15(4-2)14(17)11-16-9-10-18-13-8-6-5-7-12(13)16/h5-8H,3-4,9-11H2,1-2H3. The van der Waals surface area contributed by atoms with Gasteiger partial charge in [-0.15, -0.1) is 0 Å². The molecule has 0 spiro atoms. The summed E-state index contributed by atoms with van der Waals surface area (Å²) in [7, 11) is 0. The van der Waals surface area contributed by atoms with Crippen LogP contribution in [0.3, 0.4) is 0 Å². The summed E-state index contributed by atoms with van der Waals surface area (Å²) in [4.78, 5) is 16.1. The summed E-state index contributed by atoms with van der Waals surface area (Å²) in [6.45, 7) is 7.39. The van der Waals surface area contributed by atoms with Crippen molar-refractivity contribution in [2.45, 2.75) is 13.8 Å². The Bertz CT molecular complexity index is 416. The third kappa shape index (κ3) is 2.58. The van der Waals surface area contributed by atoms with E-state index in [1.807, 2.05) is 43.0 Å². The molecule has 1 aromatic carbocycles. The number of nitrogens with zero attached hydrogens (tertiary/aromatic N) is 2. The average Bonchev–Trinajstić information content (AvgIpc) is 2.40. The van der Waals surface area contributed by atoms with Crippen LogP contribution >= 0.6 is 0 Å². The van der Waals surface area contributed by atoms with Crippen molar-refractivity contribution in [2.24, 2.45) is 0 Å². The van der Waals surface area contributed by atoms with Gasteiger partial charge in [0.25, 0.3) is 0 Å². The van der Waals surface area contributed by atoms with Crippen molar-refractivity contribution < 1.29 is 9.53 Å². The average molecular weight is 248 g/mol. The zero-order chi connectivity index (χ0) is 13.0. The van der Waals surface area contributed by atoms with Crippen LogP contribution in [0, 0.1) is 0 Å². The summed E-state index contributed by atoms with van der Waals surface area (Å²) >= 11 is 0. The van der Waals surface area contributed by atoms with Crippen molar-refractivity contribution in [2.75, 3.05) is 37.7 Å². The zero-order valence-corrected chi connectivity index (χ0v) is 11.1. The van der Waals surface area contributed by atoms with E-state index in [1.165, 1.54) is 0 Å². The number of carbonyl (C=O) groups is 1. The van der Waals surface area contributed by atoms with Gasteiger partial charge in [-0.3, -0.25) is 4.79 Å². The summed E-state index contributed by atoms with van der Waals surface area (Å²) in [5, 5.41) is 0. The van der Waals surface area contributed by atoms with Crippen molar-refractivity contribution >= 4 is 11.6 Å². The lowest BCUT2D eigenvalue weighted by atomic mass is 10.2. The SMILES string of the molecule is CCN(CC)C(=O)CN1CCOc2ccccc21. The Morgan fingerprint density at radius 2 is 2.06 bits per heavy atom. The third-order valence-electron chi connectivity index (χ3n) is 3.27. The van der Waals surface area contributed by atoms with Crippen LogP contribution in [0.1, 0.15) is 13.8 Å². The maximum atomic E-state index is 12.1. The lowest BCUT2D eigenvalue weighted by Gasteiger charge is -2.32. The van der Waals surface area contributed by atoms with Crippen LogP contribution in [0.15, 0.2) is 24.3 Å². The Morgan fingerprint density at radius 3 is 2.78 bits per heavy atom. The van der Waals surface area contributed by atoms with Crippen LogP contribution < -0.4 is 9.64 Å². The summed E-state index contributed by atoms with van der Waals surface area (Å²) < 4.78 is 5.58. The molecule has 18 heavy (non-hydrogen) atoms. The molecule has 0 unspecified atom stereocenters. The van der Waals surface area contributed by atoms with Crippen LogP contribution in [0.2, 0.25) is 0 Å². The first-order chi connectivity index (χ1) is 8.76. The van der Waals surface area contributed by atoms with Gasteiger partial charge < -0.3 is 14.5 Å². The minimum Gasteiger partial charge on any atom is -0.490 e. The summed E-state index contributed by atoms with van der Waals surface area (Å²) in [5.41, 5.74) is 1.02. The molecular formula is C14H20N2O2. The van der Waals surface area contributed by atoms with Gasteiger partial charge in [0.05, 0.1) is 18.8 Å². The molecule has 4 heteroatoms. The van der Waals surface area contributed by atoms with Gasteiger partial charge in [0.15, 0.2) is 0 Å². The molecule has 1 aliphatic heterocycles. The van der Waals surface area contributed by atoms with E-state index < -0.39 is 0 Å². The van der Waals surface area contributed by atoms with E-state index in [1.54, 1.807) is 0 Å². The predicted octanol–water partition coefficient (Wildman–Crippen LogP) is 1.75. The van der Waals surface area contributed by atoms with E-state index in [0.717, 1.165) is 31.1 Å². The third-order valence-corrected chi connectivity index (χ3v) is 3.27. The minimum absolute atomic E-state index is 0.178. The van der Waals surface area contributed by atoms with Crippen molar-refractivity contribution in [1.82, 2.24) is 4.90 Å². The number of hydrogen-bond acceptors (Lipinski definition) is 3. The van der Waals surface area contributed by atoms with E-state index in [-0.39, 0.29) is 5.91 Å².